The number of rotatable bonds is 2. The largest absolute Gasteiger partial charge is 0.372 e. The monoisotopic (exact) mass is 299 g/mol. The van der Waals surface area contributed by atoms with Gasteiger partial charge >= 0.3 is 0 Å². The zero-order chi connectivity index (χ0) is 14.9. The van der Waals surface area contributed by atoms with Gasteiger partial charge in [0.15, 0.2) is 0 Å². The van der Waals surface area contributed by atoms with Crippen molar-refractivity contribution in [1.82, 2.24) is 9.88 Å². The number of pyridine rings is 1. The number of ether oxygens (including phenoxy) is 1. The van der Waals surface area contributed by atoms with E-state index in [9.17, 15) is 14.9 Å². The lowest BCUT2D eigenvalue weighted by molar-refractivity contribution is -0.385. The van der Waals surface area contributed by atoms with Crippen molar-refractivity contribution in [1.29, 1.82) is 0 Å². The Morgan fingerprint density at radius 3 is 2.65 bits per heavy atom. The third-order valence-electron chi connectivity index (χ3n) is 2.97. The summed E-state index contributed by atoms with van der Waals surface area (Å²) in [6.07, 6.45) is 0.852. The Labute approximate surface area is 120 Å². The Morgan fingerprint density at radius 1 is 1.50 bits per heavy atom. The van der Waals surface area contributed by atoms with Crippen molar-refractivity contribution >= 4 is 23.2 Å². The summed E-state index contributed by atoms with van der Waals surface area (Å²) in [5.41, 5.74) is -0.214. The van der Waals surface area contributed by atoms with E-state index in [1.54, 1.807) is 4.90 Å². The second-order valence-electron chi connectivity index (χ2n) is 4.76. The van der Waals surface area contributed by atoms with E-state index >= 15 is 0 Å². The molecule has 0 saturated carbocycles. The fourth-order valence-electron chi connectivity index (χ4n) is 2.20. The number of hydrogen-bond acceptors (Lipinski definition) is 5. The summed E-state index contributed by atoms with van der Waals surface area (Å²) in [4.78, 5) is 27.8. The number of carbonyl (C=O) groups is 1. The molecule has 20 heavy (non-hydrogen) atoms. The first-order chi connectivity index (χ1) is 9.38. The fraction of sp³-hybridized carbons (Fsp3) is 0.500. The van der Waals surface area contributed by atoms with Crippen molar-refractivity contribution in [3.05, 3.63) is 33.1 Å². The van der Waals surface area contributed by atoms with Gasteiger partial charge in [-0.3, -0.25) is 14.9 Å². The number of amides is 1. The molecule has 1 fully saturated rings. The van der Waals surface area contributed by atoms with Crippen LogP contribution in [0.3, 0.4) is 0 Å². The fourth-order valence-corrected chi connectivity index (χ4v) is 2.39. The second kappa shape index (κ2) is 5.72. The normalized spacial score (nSPS) is 22.6. The van der Waals surface area contributed by atoms with E-state index < -0.39 is 4.92 Å². The SMILES string of the molecule is C[C@@H]1CN(C(=O)c2cc([N+](=O)[O-])cnc2Cl)C[C@H](C)O1. The molecule has 8 heteroatoms. The number of carbonyl (C=O) groups excluding carboxylic acids is 1. The molecule has 108 valence electrons. The lowest BCUT2D eigenvalue weighted by Crippen LogP contribution is -2.48. The Morgan fingerprint density at radius 2 is 2.10 bits per heavy atom. The van der Waals surface area contributed by atoms with E-state index in [4.69, 9.17) is 16.3 Å². The molecule has 2 heterocycles. The third kappa shape index (κ3) is 3.05. The van der Waals surface area contributed by atoms with Crippen LogP contribution in [-0.2, 0) is 4.74 Å². The molecule has 0 N–H and O–H groups in total. The number of aromatic nitrogens is 1. The number of morpholine rings is 1. The van der Waals surface area contributed by atoms with E-state index in [1.807, 2.05) is 13.8 Å². The zero-order valence-electron chi connectivity index (χ0n) is 11.1. The minimum atomic E-state index is -0.606. The second-order valence-corrected chi connectivity index (χ2v) is 5.11. The summed E-state index contributed by atoms with van der Waals surface area (Å²) in [5.74, 6) is -0.367. The van der Waals surface area contributed by atoms with E-state index in [1.165, 1.54) is 0 Å². The summed E-state index contributed by atoms with van der Waals surface area (Å²) in [7, 11) is 0. The summed E-state index contributed by atoms with van der Waals surface area (Å²) in [6, 6.07) is 1.16. The molecule has 1 saturated heterocycles. The van der Waals surface area contributed by atoms with Crippen molar-refractivity contribution in [2.75, 3.05) is 13.1 Å². The lowest BCUT2D eigenvalue weighted by atomic mass is 10.1. The minimum absolute atomic E-state index is 0.0348. The Bertz CT molecular complexity index is 542. The van der Waals surface area contributed by atoms with E-state index in [2.05, 4.69) is 4.98 Å². The predicted molar refractivity (Wildman–Crippen MR) is 71.8 cm³/mol. The van der Waals surface area contributed by atoms with Gasteiger partial charge in [-0.2, -0.15) is 0 Å². The quantitative estimate of drug-likeness (QED) is 0.473. The molecule has 1 aromatic rings. The Balaban J connectivity index is 2.28. The molecule has 1 aliphatic heterocycles. The maximum atomic E-state index is 12.4. The highest BCUT2D eigenvalue weighted by atomic mass is 35.5. The highest BCUT2D eigenvalue weighted by Crippen LogP contribution is 2.22. The average molecular weight is 300 g/mol. The molecule has 0 spiro atoms. The van der Waals surface area contributed by atoms with Gasteiger partial charge in [0.1, 0.15) is 11.3 Å². The standard InChI is InChI=1S/C12H14ClN3O4/c1-7-5-15(6-8(2)20-7)12(17)10-3-9(16(18)19)4-14-11(10)13/h3-4,7-8H,5-6H2,1-2H3/t7-,8+. The highest BCUT2D eigenvalue weighted by Gasteiger charge is 2.29. The maximum Gasteiger partial charge on any atom is 0.288 e. The molecular weight excluding hydrogens is 286 g/mol. The molecule has 1 aromatic heterocycles. The van der Waals surface area contributed by atoms with Gasteiger partial charge in [-0.05, 0) is 13.8 Å². The van der Waals surface area contributed by atoms with Crippen LogP contribution in [0.4, 0.5) is 5.69 Å². The highest BCUT2D eigenvalue weighted by molar-refractivity contribution is 6.32. The van der Waals surface area contributed by atoms with E-state index in [0.29, 0.717) is 13.1 Å². The van der Waals surface area contributed by atoms with Crippen LogP contribution in [0.1, 0.15) is 24.2 Å². The maximum absolute atomic E-state index is 12.4. The van der Waals surface area contributed by atoms with Crippen LogP contribution in [0.2, 0.25) is 5.15 Å². The van der Waals surface area contributed by atoms with Crippen LogP contribution in [0.25, 0.3) is 0 Å². The Hall–Kier alpha value is -1.73. The van der Waals surface area contributed by atoms with E-state index in [-0.39, 0.29) is 34.5 Å². The summed E-state index contributed by atoms with van der Waals surface area (Å²) in [6.45, 7) is 4.57. The molecule has 2 rings (SSSR count). The minimum Gasteiger partial charge on any atom is -0.372 e. The Kier molecular flexibility index (Phi) is 4.20. The lowest BCUT2D eigenvalue weighted by Gasteiger charge is -2.35. The number of hydrogen-bond donors (Lipinski definition) is 0. The molecule has 1 amide bonds. The van der Waals surface area contributed by atoms with Crippen molar-refractivity contribution in [3.63, 3.8) is 0 Å². The van der Waals surface area contributed by atoms with Gasteiger partial charge in [0.25, 0.3) is 11.6 Å². The first kappa shape index (κ1) is 14.7. The van der Waals surface area contributed by atoms with Crippen molar-refractivity contribution in [2.24, 2.45) is 0 Å². The van der Waals surface area contributed by atoms with Crippen LogP contribution in [0.15, 0.2) is 12.3 Å². The van der Waals surface area contributed by atoms with Crippen LogP contribution >= 0.6 is 11.6 Å². The van der Waals surface area contributed by atoms with Crippen molar-refractivity contribution in [3.8, 4) is 0 Å². The van der Waals surface area contributed by atoms with Gasteiger partial charge in [-0.25, -0.2) is 4.98 Å². The summed E-state index contributed by atoms with van der Waals surface area (Å²) >= 11 is 5.88. The topological polar surface area (TPSA) is 85.6 Å². The van der Waals surface area contributed by atoms with Crippen LogP contribution in [-0.4, -0.2) is 46.0 Å². The van der Waals surface area contributed by atoms with Crippen molar-refractivity contribution in [2.45, 2.75) is 26.1 Å². The predicted octanol–water partition coefficient (Wildman–Crippen LogP) is 1.89. The molecule has 7 nitrogen and oxygen atoms in total. The van der Waals surface area contributed by atoms with Gasteiger partial charge in [0.2, 0.25) is 0 Å². The van der Waals surface area contributed by atoms with Crippen molar-refractivity contribution < 1.29 is 14.5 Å². The van der Waals surface area contributed by atoms with E-state index in [0.717, 1.165) is 12.3 Å². The first-order valence-electron chi connectivity index (χ1n) is 6.13. The summed E-state index contributed by atoms with van der Waals surface area (Å²) in [5, 5.41) is 10.7. The summed E-state index contributed by atoms with van der Waals surface area (Å²) < 4.78 is 5.54. The van der Waals surface area contributed by atoms with Gasteiger partial charge in [0.05, 0.1) is 22.7 Å². The molecule has 2 atom stereocenters. The van der Waals surface area contributed by atoms with Crippen LogP contribution < -0.4 is 0 Å². The first-order valence-corrected chi connectivity index (χ1v) is 6.51. The number of halogens is 1. The smallest absolute Gasteiger partial charge is 0.288 e. The van der Waals surface area contributed by atoms with Gasteiger partial charge in [-0.15, -0.1) is 0 Å². The van der Waals surface area contributed by atoms with Gasteiger partial charge < -0.3 is 9.64 Å². The zero-order valence-corrected chi connectivity index (χ0v) is 11.8. The van der Waals surface area contributed by atoms with Crippen LogP contribution in [0.5, 0.6) is 0 Å². The molecular formula is C12H14ClN3O4. The number of nitrogens with zero attached hydrogens (tertiary/aromatic N) is 3. The molecule has 0 bridgehead atoms. The van der Waals surface area contributed by atoms with Gasteiger partial charge in [0, 0.05) is 19.2 Å². The van der Waals surface area contributed by atoms with Crippen LogP contribution in [0, 0.1) is 10.1 Å². The molecule has 0 unspecified atom stereocenters. The average Bonchev–Trinajstić information content (AvgIpc) is 2.37. The molecule has 0 radical (unpaired) electrons. The number of nitro groups is 1. The molecule has 1 aliphatic rings. The van der Waals surface area contributed by atoms with Gasteiger partial charge in [-0.1, -0.05) is 11.6 Å². The molecule has 0 aromatic carbocycles. The third-order valence-corrected chi connectivity index (χ3v) is 3.27. The molecule has 0 aliphatic carbocycles.